The molecule has 2 aliphatic heterocycles. The first-order valence-electron chi connectivity index (χ1n) is 8.64. The number of hydrogen-bond acceptors (Lipinski definition) is 2. The second-order valence-corrected chi connectivity index (χ2v) is 9.10. The molecule has 4 aliphatic rings. The third-order valence-corrected chi connectivity index (χ3v) is 7.54. The molecule has 0 N–H and O–H groups in total. The third kappa shape index (κ3) is 1.58. The Hall–Kier alpha value is -0.0800. The van der Waals surface area contributed by atoms with Crippen molar-refractivity contribution in [3.05, 3.63) is 0 Å². The summed E-state index contributed by atoms with van der Waals surface area (Å²) in [6.45, 7) is 10.6. The Bertz CT molecular complexity index is 431. The van der Waals surface area contributed by atoms with Crippen LogP contribution in [-0.2, 0) is 9.47 Å². The Morgan fingerprint density at radius 1 is 0.850 bits per heavy atom. The molecule has 5 atom stereocenters. The lowest BCUT2D eigenvalue weighted by atomic mass is 9.45. The zero-order valence-electron chi connectivity index (χ0n) is 13.6. The van der Waals surface area contributed by atoms with Crippen molar-refractivity contribution in [3.63, 3.8) is 0 Å². The Morgan fingerprint density at radius 2 is 1.65 bits per heavy atom. The minimum absolute atomic E-state index is 0.145. The van der Waals surface area contributed by atoms with E-state index in [-0.39, 0.29) is 11.4 Å². The van der Waals surface area contributed by atoms with Gasteiger partial charge in [0.05, 0.1) is 12.2 Å². The van der Waals surface area contributed by atoms with Crippen LogP contribution in [0.2, 0.25) is 0 Å². The van der Waals surface area contributed by atoms with Gasteiger partial charge >= 0.3 is 0 Å². The van der Waals surface area contributed by atoms with Gasteiger partial charge in [0, 0.05) is 12.3 Å². The van der Waals surface area contributed by atoms with Crippen LogP contribution in [0.5, 0.6) is 0 Å². The summed E-state index contributed by atoms with van der Waals surface area (Å²) in [4.78, 5) is 0. The Kier molecular flexibility index (Phi) is 2.59. The summed E-state index contributed by atoms with van der Waals surface area (Å²) >= 11 is 0. The zero-order valence-corrected chi connectivity index (χ0v) is 13.6. The molecule has 2 heterocycles. The molecule has 2 heteroatoms. The quantitative estimate of drug-likeness (QED) is 0.648. The maximum absolute atomic E-state index is 6.54. The molecular formula is C18H30O2. The summed E-state index contributed by atoms with van der Waals surface area (Å²) in [5, 5.41) is 0. The van der Waals surface area contributed by atoms with Gasteiger partial charge in [0.1, 0.15) is 0 Å². The summed E-state index contributed by atoms with van der Waals surface area (Å²) < 4.78 is 12.7. The van der Waals surface area contributed by atoms with Gasteiger partial charge in [-0.2, -0.15) is 0 Å². The molecule has 2 saturated carbocycles. The van der Waals surface area contributed by atoms with E-state index in [0.717, 1.165) is 18.9 Å². The normalized spacial score (nSPS) is 57.0. The summed E-state index contributed by atoms with van der Waals surface area (Å²) in [5.41, 5.74) is 1.06. The SMILES string of the molecule is CC1(C)CCCC2(C)C1CCC13CC[C@@](C)(OCC12)O3. The van der Waals surface area contributed by atoms with E-state index in [1.54, 1.807) is 0 Å². The van der Waals surface area contributed by atoms with E-state index in [0.29, 0.717) is 16.7 Å². The molecule has 114 valence electrons. The van der Waals surface area contributed by atoms with E-state index >= 15 is 0 Å². The third-order valence-electron chi connectivity index (χ3n) is 7.54. The predicted octanol–water partition coefficient (Wildman–Crippen LogP) is 4.52. The minimum Gasteiger partial charge on any atom is -0.350 e. The number of fused-ring (bicyclic) bond motifs is 3. The summed E-state index contributed by atoms with van der Waals surface area (Å²) in [6.07, 6.45) is 9.08. The maximum atomic E-state index is 6.54. The van der Waals surface area contributed by atoms with Crippen LogP contribution in [0.4, 0.5) is 0 Å². The lowest BCUT2D eigenvalue weighted by Gasteiger charge is -2.63. The highest BCUT2D eigenvalue weighted by Crippen LogP contribution is 2.67. The van der Waals surface area contributed by atoms with Gasteiger partial charge in [-0.1, -0.05) is 27.2 Å². The first-order chi connectivity index (χ1) is 9.30. The second-order valence-electron chi connectivity index (χ2n) is 9.10. The average molecular weight is 278 g/mol. The van der Waals surface area contributed by atoms with Gasteiger partial charge in [-0.3, -0.25) is 0 Å². The van der Waals surface area contributed by atoms with Gasteiger partial charge in [-0.25, -0.2) is 0 Å². The maximum Gasteiger partial charge on any atom is 0.166 e. The van der Waals surface area contributed by atoms with Crippen LogP contribution >= 0.6 is 0 Å². The highest BCUT2D eigenvalue weighted by molar-refractivity contribution is 5.13. The molecule has 4 rings (SSSR count). The van der Waals surface area contributed by atoms with E-state index in [2.05, 4.69) is 27.7 Å². The number of hydrogen-bond donors (Lipinski definition) is 0. The lowest BCUT2D eigenvalue weighted by molar-refractivity contribution is -0.337. The van der Waals surface area contributed by atoms with Crippen molar-refractivity contribution >= 4 is 0 Å². The monoisotopic (exact) mass is 278 g/mol. The van der Waals surface area contributed by atoms with Gasteiger partial charge in [0.15, 0.2) is 5.79 Å². The number of rotatable bonds is 0. The van der Waals surface area contributed by atoms with Gasteiger partial charge in [0.25, 0.3) is 0 Å². The Labute approximate surface area is 123 Å². The van der Waals surface area contributed by atoms with Crippen molar-refractivity contribution in [2.24, 2.45) is 22.7 Å². The molecule has 2 nitrogen and oxygen atoms in total. The molecule has 2 aliphatic carbocycles. The fraction of sp³-hybridized carbons (Fsp3) is 1.00. The van der Waals surface area contributed by atoms with Gasteiger partial charge in [-0.15, -0.1) is 0 Å². The van der Waals surface area contributed by atoms with E-state index < -0.39 is 0 Å². The van der Waals surface area contributed by atoms with Crippen LogP contribution in [0, 0.1) is 22.7 Å². The minimum atomic E-state index is -0.274. The first kappa shape index (κ1) is 13.6. The highest BCUT2D eigenvalue weighted by atomic mass is 16.7. The molecule has 0 aromatic carbocycles. The number of ether oxygens (including phenoxy) is 2. The summed E-state index contributed by atoms with van der Waals surface area (Å²) in [7, 11) is 0. The van der Waals surface area contributed by atoms with Crippen molar-refractivity contribution in [2.75, 3.05) is 6.61 Å². The van der Waals surface area contributed by atoms with Crippen molar-refractivity contribution in [1.29, 1.82) is 0 Å². The van der Waals surface area contributed by atoms with Crippen molar-refractivity contribution in [2.45, 2.75) is 84.0 Å². The molecule has 0 radical (unpaired) electrons. The van der Waals surface area contributed by atoms with Crippen LogP contribution in [0.3, 0.4) is 0 Å². The standard InChI is InChI=1S/C18H30O2/c1-15(2)7-5-8-16(3)13(15)6-9-18-11-10-17(4,20-18)19-12-14(16)18/h13-14H,5-12H2,1-4H3/t13?,14?,16?,17-,18?/m0/s1. The predicted molar refractivity (Wildman–Crippen MR) is 79.4 cm³/mol. The van der Waals surface area contributed by atoms with Crippen LogP contribution in [0.15, 0.2) is 0 Å². The molecule has 0 aromatic rings. The van der Waals surface area contributed by atoms with Gasteiger partial charge < -0.3 is 9.47 Å². The Morgan fingerprint density at radius 3 is 2.45 bits per heavy atom. The van der Waals surface area contributed by atoms with Crippen molar-refractivity contribution < 1.29 is 9.47 Å². The summed E-state index contributed by atoms with van der Waals surface area (Å²) in [6, 6.07) is 0. The van der Waals surface area contributed by atoms with Crippen LogP contribution in [0.25, 0.3) is 0 Å². The molecule has 2 bridgehead atoms. The Balaban J connectivity index is 1.73. The molecule has 1 spiro atoms. The fourth-order valence-electron chi connectivity index (χ4n) is 6.56. The van der Waals surface area contributed by atoms with Crippen molar-refractivity contribution in [3.8, 4) is 0 Å². The van der Waals surface area contributed by atoms with E-state index in [4.69, 9.17) is 9.47 Å². The molecule has 2 saturated heterocycles. The second kappa shape index (κ2) is 3.81. The van der Waals surface area contributed by atoms with Crippen LogP contribution in [-0.4, -0.2) is 18.0 Å². The van der Waals surface area contributed by atoms with Gasteiger partial charge in [0.2, 0.25) is 0 Å². The largest absolute Gasteiger partial charge is 0.350 e. The molecule has 0 aromatic heterocycles. The molecule has 20 heavy (non-hydrogen) atoms. The zero-order chi connectivity index (χ0) is 14.2. The molecular weight excluding hydrogens is 248 g/mol. The smallest absolute Gasteiger partial charge is 0.166 e. The van der Waals surface area contributed by atoms with Crippen molar-refractivity contribution in [1.82, 2.24) is 0 Å². The summed E-state index contributed by atoms with van der Waals surface area (Å²) in [5.74, 6) is 1.18. The van der Waals surface area contributed by atoms with E-state index in [1.807, 2.05) is 0 Å². The molecule has 4 unspecified atom stereocenters. The topological polar surface area (TPSA) is 18.5 Å². The fourth-order valence-corrected chi connectivity index (χ4v) is 6.56. The van der Waals surface area contributed by atoms with E-state index in [9.17, 15) is 0 Å². The average Bonchev–Trinajstić information content (AvgIpc) is 2.58. The van der Waals surface area contributed by atoms with Crippen LogP contribution in [0.1, 0.15) is 72.6 Å². The highest BCUT2D eigenvalue weighted by Gasteiger charge is 2.66. The first-order valence-corrected chi connectivity index (χ1v) is 8.64. The lowest BCUT2D eigenvalue weighted by Crippen LogP contribution is -2.62. The van der Waals surface area contributed by atoms with E-state index in [1.165, 1.54) is 38.5 Å². The molecule has 0 amide bonds. The van der Waals surface area contributed by atoms with Crippen LogP contribution < -0.4 is 0 Å². The molecule has 4 fully saturated rings. The van der Waals surface area contributed by atoms with Gasteiger partial charge in [-0.05, 0) is 55.8 Å².